The molecule has 0 saturated heterocycles. The van der Waals surface area contributed by atoms with Gasteiger partial charge in [-0.15, -0.1) is 0 Å². The number of oxazole rings is 1. The molecule has 4 N–H and O–H groups in total. The zero-order valence-electron chi connectivity index (χ0n) is 19.1. The number of fused-ring (bicyclic) bond motifs is 1. The van der Waals surface area contributed by atoms with Crippen LogP contribution in [0.2, 0.25) is 0 Å². The Morgan fingerprint density at radius 2 is 1.78 bits per heavy atom. The van der Waals surface area contributed by atoms with Crippen molar-refractivity contribution >= 4 is 10.9 Å². The van der Waals surface area contributed by atoms with Gasteiger partial charge >= 0.3 is 12.4 Å². The highest BCUT2D eigenvalue weighted by Gasteiger charge is 2.33. The summed E-state index contributed by atoms with van der Waals surface area (Å²) in [4.78, 5) is 7.96. The van der Waals surface area contributed by atoms with Crippen molar-refractivity contribution in [2.24, 2.45) is 5.73 Å². The van der Waals surface area contributed by atoms with Crippen molar-refractivity contribution in [1.82, 2.24) is 15.3 Å². The molecule has 7 nitrogen and oxygen atoms in total. The van der Waals surface area contributed by atoms with Gasteiger partial charge in [-0.3, -0.25) is 5.32 Å². The number of aromatic nitrogens is 2. The van der Waals surface area contributed by atoms with Crippen molar-refractivity contribution in [2.75, 3.05) is 7.11 Å². The monoisotopic (exact) mass is 526 g/mol. The van der Waals surface area contributed by atoms with Crippen LogP contribution in [0.15, 0.2) is 52.9 Å². The number of alkyl halides is 6. The fraction of sp³-hybridized carbons (Fsp3) is 0.250. The molecule has 4 rings (SSSR count). The van der Waals surface area contributed by atoms with Crippen molar-refractivity contribution in [3.05, 3.63) is 76.8 Å². The molecular formula is C24H20F6N4O3. The van der Waals surface area contributed by atoms with Crippen molar-refractivity contribution in [3.63, 3.8) is 0 Å². The van der Waals surface area contributed by atoms with E-state index in [0.29, 0.717) is 0 Å². The van der Waals surface area contributed by atoms with Crippen molar-refractivity contribution in [1.29, 1.82) is 0 Å². The Balaban J connectivity index is 1.66. The molecule has 0 fully saturated rings. The molecule has 2 aromatic heterocycles. The number of rotatable bonds is 7. The van der Waals surface area contributed by atoms with Crippen molar-refractivity contribution < 1.29 is 40.6 Å². The second-order valence-corrected chi connectivity index (χ2v) is 7.92. The van der Waals surface area contributed by atoms with Gasteiger partial charge in [-0.25, -0.2) is 9.97 Å². The van der Waals surface area contributed by atoms with E-state index in [-0.39, 0.29) is 58.2 Å². The molecule has 4 aromatic rings. The van der Waals surface area contributed by atoms with E-state index in [9.17, 15) is 31.4 Å². The van der Waals surface area contributed by atoms with Crippen molar-refractivity contribution in [3.8, 4) is 17.2 Å². The van der Waals surface area contributed by atoms with Crippen LogP contribution in [0, 0.1) is 0 Å². The number of ether oxygens (including phenoxy) is 1. The highest BCUT2D eigenvalue weighted by atomic mass is 19.4. The van der Waals surface area contributed by atoms with Crippen LogP contribution in [0.4, 0.5) is 26.3 Å². The summed E-state index contributed by atoms with van der Waals surface area (Å²) in [5, 5.41) is 13.5. The number of aliphatic hydroxyl groups is 1. The lowest BCUT2D eigenvalue weighted by Crippen LogP contribution is -2.22. The zero-order valence-corrected chi connectivity index (χ0v) is 19.1. The second kappa shape index (κ2) is 10.00. The van der Waals surface area contributed by atoms with E-state index < -0.39 is 29.8 Å². The molecule has 1 atom stereocenters. The van der Waals surface area contributed by atoms with Crippen LogP contribution in [-0.2, 0) is 25.4 Å². The third-order valence-corrected chi connectivity index (χ3v) is 5.49. The number of hydrogen-bond donors (Lipinski definition) is 3. The molecule has 0 bridgehead atoms. The summed E-state index contributed by atoms with van der Waals surface area (Å²) in [7, 11) is 1.29. The maximum absolute atomic E-state index is 13.2. The Labute approximate surface area is 205 Å². The van der Waals surface area contributed by atoms with Crippen LogP contribution in [0.5, 0.6) is 5.75 Å². The quantitative estimate of drug-likeness (QED) is 0.225. The first-order valence-electron chi connectivity index (χ1n) is 10.7. The minimum absolute atomic E-state index is 0.0201. The summed E-state index contributed by atoms with van der Waals surface area (Å²) in [6, 6.07) is 9.51. The van der Waals surface area contributed by atoms with Gasteiger partial charge in [0.15, 0.2) is 6.23 Å². The first kappa shape index (κ1) is 26.4. The molecule has 0 amide bonds. The number of methoxy groups -OCH3 is 1. The number of pyridine rings is 1. The lowest BCUT2D eigenvalue weighted by molar-refractivity contribution is -0.141. The predicted octanol–water partition coefficient (Wildman–Crippen LogP) is 5.18. The number of nitrogens with two attached hydrogens (primary N) is 1. The van der Waals surface area contributed by atoms with Crippen LogP contribution in [-0.4, -0.2) is 22.2 Å². The van der Waals surface area contributed by atoms with E-state index in [1.807, 2.05) is 0 Å². The van der Waals surface area contributed by atoms with Crippen LogP contribution in [0.3, 0.4) is 0 Å². The number of nitrogens with one attached hydrogen (secondary N) is 1. The molecule has 0 saturated carbocycles. The highest BCUT2D eigenvalue weighted by molar-refractivity contribution is 5.96. The van der Waals surface area contributed by atoms with Crippen molar-refractivity contribution in [2.45, 2.75) is 31.7 Å². The third kappa shape index (κ3) is 5.53. The molecule has 0 aliphatic heterocycles. The lowest BCUT2D eigenvalue weighted by Gasteiger charge is -2.13. The summed E-state index contributed by atoms with van der Waals surface area (Å²) >= 11 is 0. The maximum atomic E-state index is 13.2. The molecule has 0 spiro atoms. The second-order valence-electron chi connectivity index (χ2n) is 7.92. The zero-order chi connectivity index (χ0) is 27.0. The molecule has 0 radical (unpaired) electrons. The topological polar surface area (TPSA) is 106 Å². The maximum Gasteiger partial charge on any atom is 0.433 e. The first-order chi connectivity index (χ1) is 17.4. The van der Waals surface area contributed by atoms with Gasteiger partial charge in [-0.1, -0.05) is 18.2 Å². The molecule has 196 valence electrons. The third-order valence-electron chi connectivity index (χ3n) is 5.49. The van der Waals surface area contributed by atoms with Gasteiger partial charge in [0, 0.05) is 17.5 Å². The SMILES string of the molecule is COc1ccc(-c2nc(C(O)NCc3cccc(C(F)(F)F)c3)c(CN)o2)c2ccc(C(F)(F)F)nc12. The van der Waals surface area contributed by atoms with E-state index in [1.54, 1.807) is 0 Å². The number of halogens is 6. The number of hydrogen-bond acceptors (Lipinski definition) is 7. The molecule has 1 unspecified atom stereocenters. The highest BCUT2D eigenvalue weighted by Crippen LogP contribution is 2.37. The molecule has 2 aromatic carbocycles. The number of benzene rings is 2. The molecule has 2 heterocycles. The fourth-order valence-electron chi connectivity index (χ4n) is 3.71. The smallest absolute Gasteiger partial charge is 0.433 e. The van der Waals surface area contributed by atoms with E-state index in [0.717, 1.165) is 18.2 Å². The molecule has 0 aliphatic rings. The van der Waals surface area contributed by atoms with Gasteiger partial charge in [0.1, 0.15) is 28.4 Å². The Bertz CT molecular complexity index is 1420. The summed E-state index contributed by atoms with van der Waals surface area (Å²) < 4.78 is 89.3. The van der Waals surface area contributed by atoms with Crippen LogP contribution in [0.1, 0.15) is 34.5 Å². The largest absolute Gasteiger partial charge is 0.494 e. The average Bonchev–Trinajstić information content (AvgIpc) is 3.29. The minimum Gasteiger partial charge on any atom is -0.494 e. The number of nitrogens with zero attached hydrogens (tertiary/aromatic N) is 2. The minimum atomic E-state index is -4.67. The van der Waals surface area contributed by atoms with Gasteiger partial charge in [-0.2, -0.15) is 26.3 Å². The average molecular weight is 526 g/mol. The van der Waals surface area contributed by atoms with Crippen LogP contribution in [0.25, 0.3) is 22.4 Å². The van der Waals surface area contributed by atoms with Gasteiger partial charge in [0.25, 0.3) is 0 Å². The van der Waals surface area contributed by atoms with Gasteiger partial charge in [0.05, 0.1) is 19.2 Å². The normalized spacial score (nSPS) is 13.2. The Kier molecular flexibility index (Phi) is 7.13. The van der Waals surface area contributed by atoms with E-state index in [1.165, 1.54) is 37.4 Å². The summed E-state index contributed by atoms with van der Waals surface area (Å²) in [5.74, 6) is 0.117. The Morgan fingerprint density at radius 1 is 1.03 bits per heavy atom. The standard InChI is InChI=1S/C24H20F6N4O3/c1-36-16-7-5-15(14-6-8-18(24(28,29)30)33-19(14)16)22-34-20(17(10-31)37-22)21(35)32-11-12-3-2-4-13(9-12)23(25,26)27/h2-9,21,32,35H,10-11,31H2,1H3. The Morgan fingerprint density at radius 3 is 2.43 bits per heavy atom. The van der Waals surface area contributed by atoms with Crippen LogP contribution < -0.4 is 15.8 Å². The number of aliphatic hydroxyl groups excluding tert-OH is 1. The lowest BCUT2D eigenvalue weighted by atomic mass is 10.1. The summed E-state index contributed by atoms with van der Waals surface area (Å²) in [6.07, 6.45) is -10.7. The van der Waals surface area contributed by atoms with Gasteiger partial charge in [0.2, 0.25) is 5.89 Å². The molecular weight excluding hydrogens is 506 g/mol. The summed E-state index contributed by atoms with van der Waals surface area (Å²) in [5.41, 5.74) is 4.22. The van der Waals surface area contributed by atoms with E-state index >= 15 is 0 Å². The summed E-state index contributed by atoms with van der Waals surface area (Å²) in [6.45, 7) is -0.317. The first-order valence-corrected chi connectivity index (χ1v) is 10.7. The molecule has 37 heavy (non-hydrogen) atoms. The van der Waals surface area contributed by atoms with Gasteiger partial charge < -0.3 is 20.0 Å². The molecule has 0 aliphatic carbocycles. The van der Waals surface area contributed by atoms with Crippen LogP contribution >= 0.6 is 0 Å². The van der Waals surface area contributed by atoms with E-state index in [4.69, 9.17) is 14.9 Å². The molecule has 13 heteroatoms. The fourth-order valence-corrected chi connectivity index (χ4v) is 3.71. The predicted molar refractivity (Wildman–Crippen MR) is 120 cm³/mol. The Hall–Kier alpha value is -3.68. The van der Waals surface area contributed by atoms with E-state index in [2.05, 4.69) is 15.3 Å². The van der Waals surface area contributed by atoms with Gasteiger partial charge in [-0.05, 0) is 35.9 Å².